The number of nitrogens with one attached hydrogen (secondary N) is 2. The van der Waals surface area contributed by atoms with Crippen LogP contribution in [0.5, 0.6) is 0 Å². The van der Waals surface area contributed by atoms with E-state index in [1.165, 1.54) is 37.0 Å². The van der Waals surface area contributed by atoms with Gasteiger partial charge < -0.3 is 15.0 Å². The Morgan fingerprint density at radius 3 is 3.06 bits per heavy atom. The Balaban J connectivity index is 1.55. The molecule has 1 aliphatic heterocycles. The number of aromatic nitrogens is 1. The fraction of sp³-hybridized carbons (Fsp3) is 0.769. The van der Waals surface area contributed by atoms with Crippen molar-refractivity contribution in [2.45, 2.75) is 56.7 Å². The Kier molecular flexibility index (Phi) is 3.54. The summed E-state index contributed by atoms with van der Waals surface area (Å²) in [7, 11) is 0. The van der Waals surface area contributed by atoms with Gasteiger partial charge in [0.2, 0.25) is 0 Å². The molecule has 0 radical (unpaired) electrons. The second kappa shape index (κ2) is 5.15. The lowest BCUT2D eigenvalue weighted by Gasteiger charge is -2.38. The highest BCUT2D eigenvalue weighted by atomic mass is 32.1. The van der Waals surface area contributed by atoms with Gasteiger partial charge in [0.05, 0.1) is 5.60 Å². The van der Waals surface area contributed by atoms with Gasteiger partial charge in [-0.15, -0.1) is 0 Å². The molecule has 2 heterocycles. The molecule has 3 rings (SSSR count). The van der Waals surface area contributed by atoms with Gasteiger partial charge in [-0.2, -0.15) is 0 Å². The Bertz CT molecular complexity index is 448. The van der Waals surface area contributed by atoms with Crippen LogP contribution in [0.15, 0.2) is 10.2 Å². The molecule has 0 amide bonds. The second-order valence-electron chi connectivity index (χ2n) is 5.48. The van der Waals surface area contributed by atoms with E-state index < -0.39 is 0 Å². The Morgan fingerprint density at radius 1 is 1.50 bits per heavy atom. The van der Waals surface area contributed by atoms with Crippen molar-refractivity contribution >= 4 is 11.3 Å². The summed E-state index contributed by atoms with van der Waals surface area (Å²) in [6.07, 6.45) is 7.27. The molecule has 1 atom stereocenters. The average molecular weight is 268 g/mol. The first-order valence-electron chi connectivity index (χ1n) is 6.80. The Hall–Kier alpha value is -0.650. The van der Waals surface area contributed by atoms with Crippen LogP contribution in [0.25, 0.3) is 0 Å². The van der Waals surface area contributed by atoms with E-state index in [0.29, 0.717) is 6.04 Å². The number of hydrogen-bond donors (Lipinski definition) is 2. The predicted octanol–water partition coefficient (Wildman–Crippen LogP) is 2.02. The summed E-state index contributed by atoms with van der Waals surface area (Å²) in [6.45, 7) is 1.64. The monoisotopic (exact) mass is 268 g/mol. The highest BCUT2D eigenvalue weighted by molar-refractivity contribution is 7.07. The van der Waals surface area contributed by atoms with Crippen LogP contribution in [0, 0.1) is 0 Å². The minimum absolute atomic E-state index is 0.0334. The van der Waals surface area contributed by atoms with Crippen LogP contribution in [0.2, 0.25) is 0 Å². The third-order valence-electron chi connectivity index (χ3n) is 4.16. The van der Waals surface area contributed by atoms with Crippen molar-refractivity contribution in [2.24, 2.45) is 0 Å². The summed E-state index contributed by atoms with van der Waals surface area (Å²) in [5.74, 6) is 0. The van der Waals surface area contributed by atoms with E-state index in [4.69, 9.17) is 4.74 Å². The van der Waals surface area contributed by atoms with Gasteiger partial charge in [-0.05, 0) is 25.7 Å². The summed E-state index contributed by atoms with van der Waals surface area (Å²) < 4.78 is 6.02. The molecule has 2 N–H and O–H groups in total. The topological polar surface area (TPSA) is 54.1 Å². The number of H-pyrrole nitrogens is 1. The van der Waals surface area contributed by atoms with Crippen LogP contribution < -0.4 is 10.2 Å². The Morgan fingerprint density at radius 2 is 2.33 bits per heavy atom. The normalized spacial score (nSPS) is 26.8. The van der Waals surface area contributed by atoms with Crippen molar-refractivity contribution in [3.8, 4) is 0 Å². The molecule has 1 saturated heterocycles. The van der Waals surface area contributed by atoms with Gasteiger partial charge in [0.1, 0.15) is 0 Å². The molecule has 1 aliphatic carbocycles. The number of ether oxygens (including phenoxy) is 1. The maximum Gasteiger partial charge on any atom is 0.304 e. The van der Waals surface area contributed by atoms with E-state index in [2.05, 4.69) is 10.3 Å². The lowest BCUT2D eigenvalue weighted by atomic mass is 9.89. The molecule has 100 valence electrons. The van der Waals surface area contributed by atoms with Crippen LogP contribution in [0.3, 0.4) is 0 Å². The smallest absolute Gasteiger partial charge is 0.304 e. The lowest BCUT2D eigenvalue weighted by Crippen LogP contribution is -2.45. The minimum atomic E-state index is 0.0334. The lowest BCUT2D eigenvalue weighted by molar-refractivity contribution is -0.0838. The zero-order chi connectivity index (χ0) is 12.4. The van der Waals surface area contributed by atoms with Crippen LogP contribution in [-0.4, -0.2) is 23.2 Å². The molecule has 2 fully saturated rings. The third kappa shape index (κ3) is 2.68. The largest absolute Gasteiger partial charge is 0.375 e. The highest BCUT2D eigenvalue weighted by Crippen LogP contribution is 2.39. The van der Waals surface area contributed by atoms with Crippen molar-refractivity contribution in [3.63, 3.8) is 0 Å². The van der Waals surface area contributed by atoms with Crippen molar-refractivity contribution in [1.82, 2.24) is 10.3 Å². The number of aromatic amines is 1. The zero-order valence-corrected chi connectivity index (χ0v) is 11.4. The van der Waals surface area contributed by atoms with Gasteiger partial charge in [-0.25, -0.2) is 0 Å². The third-order valence-corrected chi connectivity index (χ3v) is 4.88. The van der Waals surface area contributed by atoms with Crippen LogP contribution in [-0.2, 0) is 11.3 Å². The van der Waals surface area contributed by atoms with E-state index in [-0.39, 0.29) is 10.5 Å². The summed E-state index contributed by atoms with van der Waals surface area (Å²) in [6, 6.07) is 0.528. The molecule has 2 aliphatic rings. The number of rotatable bonds is 3. The SMILES string of the molecule is O=c1[nH]c(CNC2CCOC3(CCCC3)C2)cs1. The summed E-state index contributed by atoms with van der Waals surface area (Å²) in [5.41, 5.74) is 1.16. The van der Waals surface area contributed by atoms with Crippen LogP contribution in [0.1, 0.15) is 44.2 Å². The number of thiazole rings is 1. The molecule has 4 nitrogen and oxygen atoms in total. The molecule has 1 unspecified atom stereocenters. The summed E-state index contributed by atoms with van der Waals surface area (Å²) in [4.78, 5) is 13.9. The van der Waals surface area contributed by atoms with E-state index in [9.17, 15) is 4.79 Å². The maximum absolute atomic E-state index is 11.1. The maximum atomic E-state index is 11.1. The first kappa shape index (κ1) is 12.4. The first-order valence-corrected chi connectivity index (χ1v) is 7.68. The molecule has 5 heteroatoms. The fourth-order valence-electron chi connectivity index (χ4n) is 3.22. The standard InChI is InChI=1S/C13H20N2O2S/c16-12-15-11(9-18-12)8-14-10-3-6-17-13(7-10)4-1-2-5-13/h9-10,14H,1-8H2,(H,15,16). The van der Waals surface area contributed by atoms with Crippen LogP contribution >= 0.6 is 11.3 Å². The zero-order valence-electron chi connectivity index (χ0n) is 10.5. The second-order valence-corrected chi connectivity index (χ2v) is 6.32. The fourth-order valence-corrected chi connectivity index (χ4v) is 3.81. The van der Waals surface area contributed by atoms with E-state index in [1.807, 2.05) is 5.38 Å². The van der Waals surface area contributed by atoms with Crippen molar-refractivity contribution < 1.29 is 4.74 Å². The van der Waals surface area contributed by atoms with Gasteiger partial charge in [-0.3, -0.25) is 4.79 Å². The molecule has 1 spiro atoms. The van der Waals surface area contributed by atoms with Gasteiger partial charge in [-0.1, -0.05) is 24.2 Å². The molecule has 1 aromatic heterocycles. The molecule has 0 aromatic carbocycles. The van der Waals surface area contributed by atoms with E-state index >= 15 is 0 Å². The van der Waals surface area contributed by atoms with Gasteiger partial charge in [0.15, 0.2) is 0 Å². The van der Waals surface area contributed by atoms with Crippen molar-refractivity contribution in [1.29, 1.82) is 0 Å². The molecular weight excluding hydrogens is 248 g/mol. The van der Waals surface area contributed by atoms with Gasteiger partial charge in [0, 0.05) is 30.3 Å². The van der Waals surface area contributed by atoms with Crippen molar-refractivity contribution in [3.05, 3.63) is 20.7 Å². The minimum Gasteiger partial charge on any atom is -0.375 e. The van der Waals surface area contributed by atoms with Crippen molar-refractivity contribution in [2.75, 3.05) is 6.61 Å². The van der Waals surface area contributed by atoms with E-state index in [1.54, 1.807) is 0 Å². The molecule has 18 heavy (non-hydrogen) atoms. The average Bonchev–Trinajstić information content (AvgIpc) is 2.97. The predicted molar refractivity (Wildman–Crippen MR) is 72.0 cm³/mol. The van der Waals surface area contributed by atoms with Crippen LogP contribution in [0.4, 0.5) is 0 Å². The first-order chi connectivity index (χ1) is 8.76. The Labute approximate surface area is 111 Å². The molecule has 1 aromatic rings. The summed E-state index contributed by atoms with van der Waals surface area (Å²) in [5, 5.41) is 5.46. The molecular formula is C13H20N2O2S. The molecule has 0 bridgehead atoms. The highest BCUT2D eigenvalue weighted by Gasteiger charge is 2.39. The van der Waals surface area contributed by atoms with Gasteiger partial charge in [0.25, 0.3) is 0 Å². The summed E-state index contributed by atoms with van der Waals surface area (Å²) >= 11 is 1.23. The quantitative estimate of drug-likeness (QED) is 0.882. The molecule has 1 saturated carbocycles. The van der Waals surface area contributed by atoms with E-state index in [0.717, 1.165) is 31.7 Å². The van der Waals surface area contributed by atoms with Gasteiger partial charge >= 0.3 is 4.87 Å². The number of hydrogen-bond acceptors (Lipinski definition) is 4.